The average Bonchev–Trinajstić information content (AvgIpc) is 1.44. The number of carbonyl (C=O) groups is 19. The zero-order valence-corrected chi connectivity index (χ0v) is 65.0. The molecule has 42 nitrogen and oxygen atoms in total. The van der Waals surface area contributed by atoms with Gasteiger partial charge in [0, 0.05) is 54.2 Å². The number of cyclic esters (lactones) is 1. The summed E-state index contributed by atoms with van der Waals surface area (Å²) in [5.74, 6) is -26.7. The van der Waals surface area contributed by atoms with Gasteiger partial charge in [-0.3, -0.25) is 86.3 Å². The molecular weight excluding hydrogens is 1530 g/mol. The Bertz CT molecular complexity index is 3990. The molecule has 0 spiro atoms. The Kier molecular flexibility index (Phi) is 41.0. The minimum atomic E-state index is -2.32. The van der Waals surface area contributed by atoms with E-state index < -0.39 is 256 Å². The van der Waals surface area contributed by atoms with Gasteiger partial charge in [0.15, 0.2) is 5.78 Å². The second-order valence-corrected chi connectivity index (χ2v) is 27.7. The van der Waals surface area contributed by atoms with Gasteiger partial charge in [-0.1, -0.05) is 89.6 Å². The number of aromatic nitrogens is 1. The third-order valence-corrected chi connectivity index (χ3v) is 18.3. The number of benzene rings is 2. The zero-order chi connectivity index (χ0) is 86.3. The van der Waals surface area contributed by atoms with E-state index in [4.69, 9.17) is 16.2 Å². The van der Waals surface area contributed by atoms with Crippen molar-refractivity contribution in [2.45, 2.75) is 216 Å². The average molecular weight is 1630 g/mol. The molecule has 14 amide bonds. The molecule has 3 aromatic rings. The van der Waals surface area contributed by atoms with Crippen molar-refractivity contribution < 1.29 is 121 Å². The Morgan fingerprint density at radius 1 is 0.569 bits per heavy atom. The quantitative estimate of drug-likeness (QED) is 0.0111. The molecule has 42 heteroatoms. The number of nitrogen functional groups attached to an aromatic ring is 1. The highest BCUT2D eigenvalue weighted by Crippen LogP contribution is 2.22. The van der Waals surface area contributed by atoms with Gasteiger partial charge in [-0.05, 0) is 82.3 Å². The summed E-state index contributed by atoms with van der Waals surface area (Å²) in [5.41, 5.74) is 12.6. The number of anilines is 1. The van der Waals surface area contributed by atoms with Crippen molar-refractivity contribution >= 4 is 129 Å². The third-order valence-electron chi connectivity index (χ3n) is 18.3. The molecule has 13 unspecified atom stereocenters. The molecule has 1 saturated heterocycles. The smallest absolute Gasteiger partial charge is 0.329 e. The van der Waals surface area contributed by atoms with Crippen LogP contribution in [0.3, 0.4) is 0 Å². The summed E-state index contributed by atoms with van der Waals surface area (Å²) < 4.78 is 5.75. The number of ether oxygens (including phenoxy) is 1. The van der Waals surface area contributed by atoms with Crippen LogP contribution < -0.4 is 85.9 Å². The van der Waals surface area contributed by atoms with E-state index in [0.29, 0.717) is 35.9 Å². The highest BCUT2D eigenvalue weighted by atomic mass is 16.5. The lowest BCUT2D eigenvalue weighted by atomic mass is 9.96. The molecule has 24 N–H and O–H groups in total. The molecule has 1 aliphatic heterocycles. The van der Waals surface area contributed by atoms with Crippen LogP contribution in [0.2, 0.25) is 0 Å². The summed E-state index contributed by atoms with van der Waals surface area (Å²) in [4.78, 5) is 265. The number of hydrogen-bond acceptors (Lipinski definition) is 24. The number of carboxylic acid groups (broad SMARTS) is 3. The Balaban J connectivity index is 1.87. The number of aromatic amines is 1. The number of amides is 14. The second kappa shape index (κ2) is 49.4. The number of hydrogen-bond donors (Lipinski definition) is 22. The van der Waals surface area contributed by atoms with Crippen LogP contribution in [-0.4, -0.2) is 255 Å². The monoisotopic (exact) mass is 1630 g/mol. The largest absolute Gasteiger partial charge is 0.481 e. The Labute approximate surface area is 666 Å². The van der Waals surface area contributed by atoms with E-state index >= 15 is 0 Å². The summed E-state index contributed by atoms with van der Waals surface area (Å²) >= 11 is 0. The number of aliphatic carboxylic acids is 3. The summed E-state index contributed by atoms with van der Waals surface area (Å²) in [6.45, 7) is 2.95. The number of carbonyl (C=O) groups excluding carboxylic acids is 16. The fourth-order valence-corrected chi connectivity index (χ4v) is 12.0. The molecule has 4 rings (SSSR count). The van der Waals surface area contributed by atoms with Gasteiger partial charge in [0.2, 0.25) is 82.7 Å². The molecule has 1 aromatic heterocycles. The first-order chi connectivity index (χ1) is 55.0. The number of aliphatic hydroxyl groups is 2. The first kappa shape index (κ1) is 96.2. The van der Waals surface area contributed by atoms with Crippen molar-refractivity contribution in [2.24, 2.45) is 11.7 Å². The van der Waals surface area contributed by atoms with Gasteiger partial charge >= 0.3 is 23.9 Å². The van der Waals surface area contributed by atoms with E-state index in [1.54, 1.807) is 37.4 Å². The van der Waals surface area contributed by atoms with Crippen LogP contribution in [0.15, 0.2) is 54.7 Å². The van der Waals surface area contributed by atoms with Crippen LogP contribution in [0, 0.1) is 5.92 Å². The van der Waals surface area contributed by atoms with E-state index in [9.17, 15) is 117 Å². The molecule has 0 aliphatic carbocycles. The number of Topliss-reactive ketones (excluding diaryl/α,β-unsaturated/α-hetero) is 1. The van der Waals surface area contributed by atoms with Crippen LogP contribution >= 0.6 is 0 Å². The van der Waals surface area contributed by atoms with Gasteiger partial charge in [0.25, 0.3) is 0 Å². The lowest BCUT2D eigenvalue weighted by Gasteiger charge is -2.30. The van der Waals surface area contributed by atoms with Crippen molar-refractivity contribution in [1.29, 1.82) is 0 Å². The van der Waals surface area contributed by atoms with E-state index in [1.807, 2.05) is 10.6 Å². The fraction of sp³-hybridized carbons (Fsp3) is 0.554. The Hall–Kier alpha value is -12.2. The van der Waals surface area contributed by atoms with Crippen molar-refractivity contribution in [1.82, 2.24) is 79.4 Å². The third kappa shape index (κ3) is 33.1. The molecule has 1 fully saturated rings. The predicted octanol–water partition coefficient (Wildman–Crippen LogP) is -5.06. The molecule has 2 aromatic carbocycles. The number of esters is 1. The number of aliphatic hydroxyl groups excluding tert-OH is 2. The molecule has 0 radical (unpaired) electrons. The van der Waals surface area contributed by atoms with Crippen LogP contribution in [-0.2, 0) is 97.5 Å². The molecule has 2 heterocycles. The molecule has 116 heavy (non-hydrogen) atoms. The highest BCUT2D eigenvalue weighted by molar-refractivity contribution is 6.05. The van der Waals surface area contributed by atoms with Crippen molar-refractivity contribution in [2.75, 3.05) is 45.1 Å². The van der Waals surface area contributed by atoms with E-state index in [1.165, 1.54) is 24.3 Å². The van der Waals surface area contributed by atoms with Crippen LogP contribution in [0.1, 0.15) is 153 Å². The van der Waals surface area contributed by atoms with Crippen molar-refractivity contribution in [3.63, 3.8) is 0 Å². The van der Waals surface area contributed by atoms with Crippen LogP contribution in [0.4, 0.5) is 5.69 Å². The van der Waals surface area contributed by atoms with E-state index in [-0.39, 0.29) is 43.5 Å². The number of primary amides is 1. The zero-order valence-electron chi connectivity index (χ0n) is 65.0. The van der Waals surface area contributed by atoms with Gasteiger partial charge in [0.05, 0.1) is 45.4 Å². The number of fused-ring (bicyclic) bond motifs is 1. The number of carboxylic acids is 3. The molecule has 0 saturated carbocycles. The SMILES string of the molecule is CCCCCCCCCC(=O)NC(Cc1c[nH]c2ccccc12)C(=O)NC(CC(N)=O)C(=O)NC(CCO)C(=O)NC1C(=O)NCC(=O)NC(CCCNCC)C(=O)NC(CC(=O)O)C(=O)NC(C)C(=O)NC(CC(=O)O)C(=O)NCC(=O)NC(CO)C(=O)NC(C(C)CC(=O)O)C(=O)NC(CC(=O)c2ccccc2N)C(=O)OC1C. The number of para-hydroxylation sites is 2. The van der Waals surface area contributed by atoms with Crippen molar-refractivity contribution in [3.05, 3.63) is 65.9 Å². The summed E-state index contributed by atoms with van der Waals surface area (Å²) in [6.07, 6.45) is -0.810. The fourth-order valence-electron chi connectivity index (χ4n) is 12.0. The summed E-state index contributed by atoms with van der Waals surface area (Å²) in [7, 11) is 0. The van der Waals surface area contributed by atoms with Gasteiger partial charge < -0.3 is 121 Å². The minimum absolute atomic E-state index is 0.0171. The second-order valence-electron chi connectivity index (χ2n) is 27.7. The maximum absolute atomic E-state index is 14.9. The lowest BCUT2D eigenvalue weighted by molar-refractivity contribution is -0.156. The number of unbranched alkanes of at least 4 members (excludes halogenated alkanes) is 6. The maximum atomic E-state index is 14.9. The Morgan fingerprint density at radius 3 is 1.76 bits per heavy atom. The first-order valence-electron chi connectivity index (χ1n) is 37.9. The number of ketones is 1. The van der Waals surface area contributed by atoms with Crippen LogP contribution in [0.25, 0.3) is 10.9 Å². The van der Waals surface area contributed by atoms with E-state index in [2.05, 4.69) is 75.7 Å². The molecular formula is C74H107N17O25. The first-order valence-corrected chi connectivity index (χ1v) is 37.9. The maximum Gasteiger partial charge on any atom is 0.329 e. The summed E-state index contributed by atoms with van der Waals surface area (Å²) in [5, 5.41) is 82.9. The van der Waals surface area contributed by atoms with Gasteiger partial charge in [-0.2, -0.15) is 0 Å². The predicted molar refractivity (Wildman–Crippen MR) is 409 cm³/mol. The number of nitrogens with one attached hydrogen (secondary N) is 15. The number of H-pyrrole nitrogens is 1. The molecule has 638 valence electrons. The Morgan fingerprint density at radius 2 is 1.14 bits per heavy atom. The minimum Gasteiger partial charge on any atom is -0.481 e. The van der Waals surface area contributed by atoms with Gasteiger partial charge in [0.1, 0.15) is 72.6 Å². The number of rotatable bonds is 37. The molecule has 1 aliphatic rings. The van der Waals surface area contributed by atoms with Crippen molar-refractivity contribution in [3.8, 4) is 0 Å². The van der Waals surface area contributed by atoms with Gasteiger partial charge in [-0.25, -0.2) is 4.79 Å². The van der Waals surface area contributed by atoms with E-state index in [0.717, 1.165) is 52.9 Å². The summed E-state index contributed by atoms with van der Waals surface area (Å²) in [6, 6.07) is -9.38. The normalized spacial score (nSPS) is 21.1. The van der Waals surface area contributed by atoms with Gasteiger partial charge in [-0.15, -0.1) is 0 Å². The molecule has 0 bridgehead atoms. The highest BCUT2D eigenvalue weighted by Gasteiger charge is 2.41. The number of nitrogens with two attached hydrogens (primary N) is 2. The molecule has 13 atom stereocenters. The topological polar surface area (TPSA) is 671 Å². The standard InChI is InChI=1S/C74H107N17O25/c1-6-8-9-10-11-12-13-24-56(96)83-48(29-41-34-78-45-22-17-15-19-42(41)45)69(110)87-49(31-55(76)95)70(111)85-47(25-27-92)67(108)91-63-40(5)116-74(115)52(30-54(94)43-20-14-16-21-44(43)75)89-73(114)62(38(3)28-59(99)100)90-71(112)53(37-93)84-58(98)35-79-65(106)50(32-60(101)102)86-64(105)39(4)81-68(109)51(33-61(103)104)88-66(107)46(23-18-26-77-7-2)82-57(97)36-80-72(63)113/h14-17,19-22,34,38-40,46-53,62-63,77-78,92-93H,6-13,18,23-33,35-37,75H2,1-5H3,(H2,76,95)(H,79,106)(H,80,113)(H,81,109)(H,82,97)(H,83,96)(H,84,98)(H,85,111)(H,86,105)(H,87,110)(H,88,107)(H,89,114)(H,90,112)(H,91,108)(H,99,100)(H,101,102)(H,103,104). The lowest BCUT2D eigenvalue weighted by Crippen LogP contribution is -2.61. The van der Waals surface area contributed by atoms with Crippen LogP contribution in [0.5, 0.6) is 0 Å².